The highest BCUT2D eigenvalue weighted by atomic mass is 16.5. The Balaban J connectivity index is 2.43. The van der Waals surface area contributed by atoms with Gasteiger partial charge < -0.3 is 10.3 Å². The van der Waals surface area contributed by atoms with Gasteiger partial charge in [-0.3, -0.25) is 0 Å². The highest BCUT2D eigenvalue weighted by Gasteiger charge is 2.13. The van der Waals surface area contributed by atoms with Crippen molar-refractivity contribution in [2.45, 2.75) is 58.4 Å². The van der Waals surface area contributed by atoms with Crippen LogP contribution in [0.25, 0.3) is 0 Å². The molecule has 0 amide bonds. The summed E-state index contributed by atoms with van der Waals surface area (Å²) >= 11 is 0. The van der Waals surface area contributed by atoms with Crippen LogP contribution >= 0.6 is 0 Å². The third kappa shape index (κ3) is 4.00. The molecule has 1 heterocycles. The van der Waals surface area contributed by atoms with Crippen LogP contribution in [0.4, 0.5) is 0 Å². The largest absolute Gasteiger partial charge is 0.338 e. The summed E-state index contributed by atoms with van der Waals surface area (Å²) in [5.41, 5.74) is 5.93. The summed E-state index contributed by atoms with van der Waals surface area (Å²) in [6.45, 7) is 4.29. The molecule has 0 aliphatic heterocycles. The first-order valence-electron chi connectivity index (χ1n) is 5.86. The van der Waals surface area contributed by atoms with Crippen LogP contribution in [0, 0.1) is 0 Å². The maximum absolute atomic E-state index is 5.93. The van der Waals surface area contributed by atoms with Gasteiger partial charge in [-0.2, -0.15) is 4.98 Å². The van der Waals surface area contributed by atoms with Crippen LogP contribution < -0.4 is 5.73 Å². The average molecular weight is 211 g/mol. The predicted molar refractivity (Wildman–Crippen MR) is 59.4 cm³/mol. The second kappa shape index (κ2) is 6.56. The molecular formula is C11H21N3O. The van der Waals surface area contributed by atoms with Crippen molar-refractivity contribution in [2.75, 3.05) is 0 Å². The van der Waals surface area contributed by atoms with E-state index in [9.17, 15) is 0 Å². The van der Waals surface area contributed by atoms with Gasteiger partial charge in [0, 0.05) is 6.42 Å². The summed E-state index contributed by atoms with van der Waals surface area (Å²) in [5, 5.41) is 3.92. The molecule has 0 aliphatic rings. The zero-order chi connectivity index (χ0) is 11.1. The van der Waals surface area contributed by atoms with Gasteiger partial charge in [0.05, 0.1) is 6.04 Å². The van der Waals surface area contributed by atoms with Crippen LogP contribution in [-0.4, -0.2) is 10.1 Å². The molecule has 1 rings (SSSR count). The number of nitrogens with zero attached hydrogens (tertiary/aromatic N) is 2. The van der Waals surface area contributed by atoms with Gasteiger partial charge >= 0.3 is 0 Å². The molecule has 0 bridgehead atoms. The molecule has 1 atom stereocenters. The molecule has 0 aliphatic carbocycles. The predicted octanol–water partition coefficient (Wildman–Crippen LogP) is 2.60. The zero-order valence-electron chi connectivity index (χ0n) is 9.70. The van der Waals surface area contributed by atoms with E-state index < -0.39 is 0 Å². The Morgan fingerprint density at radius 2 is 2.00 bits per heavy atom. The minimum absolute atomic E-state index is 0.0900. The van der Waals surface area contributed by atoms with Gasteiger partial charge in [-0.05, 0) is 12.8 Å². The van der Waals surface area contributed by atoms with Gasteiger partial charge in [0.2, 0.25) is 5.89 Å². The normalized spacial score (nSPS) is 13.0. The molecule has 0 fully saturated rings. The molecule has 15 heavy (non-hydrogen) atoms. The number of unbranched alkanes of at least 4 members (excludes halogenated alkanes) is 2. The Morgan fingerprint density at radius 1 is 1.27 bits per heavy atom. The van der Waals surface area contributed by atoms with E-state index in [1.54, 1.807) is 0 Å². The fourth-order valence-corrected chi connectivity index (χ4v) is 1.40. The SMILES string of the molecule is CCCCc1noc(C(N)CCCC)n1. The summed E-state index contributed by atoms with van der Waals surface area (Å²) in [6, 6.07) is -0.0900. The highest BCUT2D eigenvalue weighted by molar-refractivity contribution is 4.91. The molecule has 86 valence electrons. The maximum atomic E-state index is 5.93. The van der Waals surface area contributed by atoms with Crippen LogP contribution in [0.5, 0.6) is 0 Å². The van der Waals surface area contributed by atoms with Crippen molar-refractivity contribution in [3.05, 3.63) is 11.7 Å². The zero-order valence-corrected chi connectivity index (χ0v) is 9.70. The first-order valence-corrected chi connectivity index (χ1v) is 5.86. The van der Waals surface area contributed by atoms with Gasteiger partial charge in [-0.1, -0.05) is 38.3 Å². The molecule has 0 spiro atoms. The minimum atomic E-state index is -0.0900. The summed E-state index contributed by atoms with van der Waals surface area (Å²) in [4.78, 5) is 4.30. The van der Waals surface area contributed by atoms with E-state index in [1.165, 1.54) is 0 Å². The van der Waals surface area contributed by atoms with E-state index >= 15 is 0 Å². The molecular weight excluding hydrogens is 190 g/mol. The van der Waals surface area contributed by atoms with Crippen LogP contribution in [-0.2, 0) is 6.42 Å². The van der Waals surface area contributed by atoms with Gasteiger partial charge in [0.25, 0.3) is 0 Å². The lowest BCUT2D eigenvalue weighted by Crippen LogP contribution is -2.10. The van der Waals surface area contributed by atoms with E-state index in [1.807, 2.05) is 0 Å². The topological polar surface area (TPSA) is 64.9 Å². The molecule has 2 N–H and O–H groups in total. The third-order valence-electron chi connectivity index (χ3n) is 2.42. The van der Waals surface area contributed by atoms with E-state index in [2.05, 4.69) is 24.0 Å². The number of hydrogen-bond donors (Lipinski definition) is 1. The molecule has 4 heteroatoms. The molecule has 0 aromatic carbocycles. The van der Waals surface area contributed by atoms with Gasteiger partial charge in [0.15, 0.2) is 5.82 Å². The fraction of sp³-hybridized carbons (Fsp3) is 0.818. The molecule has 1 unspecified atom stereocenters. The Labute approximate surface area is 91.2 Å². The molecule has 0 saturated heterocycles. The first-order chi connectivity index (χ1) is 7.27. The highest BCUT2D eigenvalue weighted by Crippen LogP contribution is 2.15. The second-order valence-corrected chi connectivity index (χ2v) is 3.90. The number of nitrogens with two attached hydrogens (primary N) is 1. The van der Waals surface area contributed by atoms with Crippen molar-refractivity contribution >= 4 is 0 Å². The molecule has 4 nitrogen and oxygen atoms in total. The van der Waals surface area contributed by atoms with Crippen LogP contribution in [0.1, 0.15) is 63.7 Å². The number of rotatable bonds is 7. The lowest BCUT2D eigenvalue weighted by molar-refractivity contribution is 0.342. The Morgan fingerprint density at radius 3 is 2.67 bits per heavy atom. The van der Waals surface area contributed by atoms with E-state index in [0.29, 0.717) is 5.89 Å². The van der Waals surface area contributed by atoms with Gasteiger partial charge in [0.1, 0.15) is 0 Å². The Bertz CT molecular complexity index is 273. The fourth-order valence-electron chi connectivity index (χ4n) is 1.40. The van der Waals surface area contributed by atoms with E-state index in [-0.39, 0.29) is 6.04 Å². The number of aryl methyl sites for hydroxylation is 1. The average Bonchev–Trinajstić information content (AvgIpc) is 2.71. The molecule has 0 radical (unpaired) electrons. The summed E-state index contributed by atoms with van der Waals surface area (Å²) in [7, 11) is 0. The van der Waals surface area contributed by atoms with Gasteiger partial charge in [-0.25, -0.2) is 0 Å². The van der Waals surface area contributed by atoms with Crippen LogP contribution in [0.15, 0.2) is 4.52 Å². The lowest BCUT2D eigenvalue weighted by atomic mass is 10.1. The molecule has 1 aromatic heterocycles. The second-order valence-electron chi connectivity index (χ2n) is 3.90. The van der Waals surface area contributed by atoms with Crippen molar-refractivity contribution in [3.8, 4) is 0 Å². The smallest absolute Gasteiger partial charge is 0.243 e. The van der Waals surface area contributed by atoms with Gasteiger partial charge in [-0.15, -0.1) is 0 Å². The number of aromatic nitrogens is 2. The van der Waals surface area contributed by atoms with Crippen molar-refractivity contribution < 1.29 is 4.52 Å². The third-order valence-corrected chi connectivity index (χ3v) is 2.42. The van der Waals surface area contributed by atoms with E-state index in [0.717, 1.165) is 44.3 Å². The monoisotopic (exact) mass is 211 g/mol. The van der Waals surface area contributed by atoms with Crippen molar-refractivity contribution in [2.24, 2.45) is 5.73 Å². The van der Waals surface area contributed by atoms with Crippen molar-refractivity contribution in [1.82, 2.24) is 10.1 Å². The maximum Gasteiger partial charge on any atom is 0.243 e. The molecule has 1 aromatic rings. The first kappa shape index (κ1) is 12.2. The van der Waals surface area contributed by atoms with Crippen molar-refractivity contribution in [3.63, 3.8) is 0 Å². The summed E-state index contributed by atoms with van der Waals surface area (Å²) < 4.78 is 5.13. The lowest BCUT2D eigenvalue weighted by Gasteiger charge is -2.03. The molecule has 0 saturated carbocycles. The van der Waals surface area contributed by atoms with E-state index in [4.69, 9.17) is 10.3 Å². The van der Waals surface area contributed by atoms with Crippen LogP contribution in [0.2, 0.25) is 0 Å². The Hall–Kier alpha value is -0.900. The number of hydrogen-bond acceptors (Lipinski definition) is 4. The van der Waals surface area contributed by atoms with Crippen LogP contribution in [0.3, 0.4) is 0 Å². The summed E-state index contributed by atoms with van der Waals surface area (Å²) in [5.74, 6) is 1.38. The standard InChI is InChI=1S/C11H21N3O/c1-3-5-7-9(12)11-13-10(14-15-11)8-6-4-2/h9H,3-8,12H2,1-2H3. The summed E-state index contributed by atoms with van der Waals surface area (Å²) in [6.07, 6.45) is 6.31. The quantitative estimate of drug-likeness (QED) is 0.753. The Kier molecular flexibility index (Phi) is 5.32. The minimum Gasteiger partial charge on any atom is -0.338 e. The van der Waals surface area contributed by atoms with Crippen molar-refractivity contribution in [1.29, 1.82) is 0 Å².